The van der Waals surface area contributed by atoms with Crippen molar-refractivity contribution in [3.8, 4) is 0 Å². The third-order valence-electron chi connectivity index (χ3n) is 4.59. The van der Waals surface area contributed by atoms with Crippen LogP contribution in [0.1, 0.15) is 24.0 Å². The van der Waals surface area contributed by atoms with Crippen molar-refractivity contribution in [3.63, 3.8) is 0 Å². The highest BCUT2D eigenvalue weighted by atomic mass is 35.5. The van der Waals surface area contributed by atoms with Gasteiger partial charge in [-0.15, -0.1) is 12.4 Å². The quantitative estimate of drug-likeness (QED) is 0.820. The highest BCUT2D eigenvalue weighted by molar-refractivity contribution is 7.92. The highest BCUT2D eigenvalue weighted by Crippen LogP contribution is 2.34. The minimum atomic E-state index is -4.54. The Morgan fingerprint density at radius 1 is 1.23 bits per heavy atom. The second kappa shape index (κ2) is 8.14. The number of hydrogen-bond acceptors (Lipinski definition) is 4. The highest BCUT2D eigenvalue weighted by Gasteiger charge is 2.50. The van der Waals surface area contributed by atoms with Gasteiger partial charge in [0.1, 0.15) is 0 Å². The minimum Gasteiger partial charge on any atom is -0.340 e. The lowest BCUT2D eigenvalue weighted by atomic mass is 9.95. The summed E-state index contributed by atoms with van der Waals surface area (Å²) in [6, 6.07) is 4.98. The lowest BCUT2D eigenvalue weighted by Gasteiger charge is -2.37. The lowest BCUT2D eigenvalue weighted by molar-refractivity contribution is -0.140. The molecule has 1 heterocycles. The van der Waals surface area contributed by atoms with E-state index in [4.69, 9.17) is 0 Å². The van der Waals surface area contributed by atoms with E-state index in [0.717, 1.165) is 17.2 Å². The third-order valence-corrected chi connectivity index (χ3v) is 6.59. The van der Waals surface area contributed by atoms with Crippen molar-refractivity contribution in [1.82, 2.24) is 10.2 Å². The molecule has 1 aromatic rings. The largest absolute Gasteiger partial charge is 0.416 e. The van der Waals surface area contributed by atoms with Crippen LogP contribution >= 0.6 is 12.4 Å². The second-order valence-electron chi connectivity index (χ2n) is 6.33. The number of nitrogens with zero attached hydrogens (tertiary/aromatic N) is 1. The number of halogens is 4. The van der Waals surface area contributed by atoms with Gasteiger partial charge in [0.2, 0.25) is 5.91 Å². The molecule has 0 aromatic heterocycles. The first-order valence-electron chi connectivity index (χ1n) is 7.80. The number of piperidine rings is 1. The fraction of sp³-hybridized carbons (Fsp3) is 0.562. The molecular formula is C16H22ClF3N2O3S. The molecule has 0 aliphatic carbocycles. The number of alkyl halides is 3. The molecule has 0 unspecified atom stereocenters. The molecule has 1 saturated heterocycles. The van der Waals surface area contributed by atoms with Crippen molar-refractivity contribution >= 4 is 28.2 Å². The smallest absolute Gasteiger partial charge is 0.340 e. The summed E-state index contributed by atoms with van der Waals surface area (Å²) in [6.45, 7) is 0.427. The SMILES string of the molecule is CN(Cc1ccccc1C(F)(F)F)C(=O)C1(S(C)(=O)=O)CCNCC1.Cl. The van der Waals surface area contributed by atoms with Gasteiger partial charge < -0.3 is 10.2 Å². The number of carbonyl (C=O) groups is 1. The van der Waals surface area contributed by atoms with Gasteiger partial charge >= 0.3 is 6.18 Å². The van der Waals surface area contributed by atoms with Crippen LogP contribution in [0.25, 0.3) is 0 Å². The maximum atomic E-state index is 13.1. The summed E-state index contributed by atoms with van der Waals surface area (Å²) in [4.78, 5) is 14.0. The van der Waals surface area contributed by atoms with Crippen molar-refractivity contribution < 1.29 is 26.4 Å². The van der Waals surface area contributed by atoms with Crippen molar-refractivity contribution in [1.29, 1.82) is 0 Å². The predicted octanol–water partition coefficient (Wildman–Crippen LogP) is 2.25. The van der Waals surface area contributed by atoms with E-state index in [1.165, 1.54) is 25.2 Å². The molecule has 5 nitrogen and oxygen atoms in total. The Hall–Kier alpha value is -1.32. The Labute approximate surface area is 157 Å². The molecule has 1 aliphatic heterocycles. The van der Waals surface area contributed by atoms with Crippen LogP contribution in [0.2, 0.25) is 0 Å². The van der Waals surface area contributed by atoms with E-state index in [2.05, 4.69) is 5.32 Å². The Balaban J connectivity index is 0.00000338. The summed E-state index contributed by atoms with van der Waals surface area (Å²) in [5, 5.41) is 3.00. The summed E-state index contributed by atoms with van der Waals surface area (Å²) in [6.07, 6.45) is -3.32. The van der Waals surface area contributed by atoms with E-state index in [1.54, 1.807) is 0 Å². The number of hydrogen-bond donors (Lipinski definition) is 1. The van der Waals surface area contributed by atoms with Crippen molar-refractivity contribution in [2.24, 2.45) is 0 Å². The molecule has 1 amide bonds. The molecule has 1 aromatic carbocycles. The van der Waals surface area contributed by atoms with Crippen molar-refractivity contribution in [3.05, 3.63) is 35.4 Å². The Kier molecular flexibility index (Phi) is 7.11. The zero-order chi connectivity index (χ0) is 18.9. The summed E-state index contributed by atoms with van der Waals surface area (Å²) in [5.41, 5.74) is -0.892. The summed E-state index contributed by atoms with van der Waals surface area (Å²) >= 11 is 0. The predicted molar refractivity (Wildman–Crippen MR) is 94.8 cm³/mol. The number of carbonyl (C=O) groups excluding carboxylic acids is 1. The van der Waals surface area contributed by atoms with E-state index in [9.17, 15) is 26.4 Å². The second-order valence-corrected chi connectivity index (χ2v) is 8.66. The fourth-order valence-electron chi connectivity index (χ4n) is 3.18. The monoisotopic (exact) mass is 414 g/mol. The average Bonchev–Trinajstić information content (AvgIpc) is 2.53. The number of amides is 1. The number of benzene rings is 1. The van der Waals surface area contributed by atoms with Gasteiger partial charge in [-0.1, -0.05) is 18.2 Å². The van der Waals surface area contributed by atoms with Crippen LogP contribution in [0.5, 0.6) is 0 Å². The molecule has 1 aliphatic rings. The van der Waals surface area contributed by atoms with Crippen LogP contribution in [-0.2, 0) is 27.4 Å². The van der Waals surface area contributed by atoms with Gasteiger partial charge in [0, 0.05) is 19.8 Å². The lowest BCUT2D eigenvalue weighted by Crippen LogP contribution is -2.57. The van der Waals surface area contributed by atoms with E-state index in [0.29, 0.717) is 13.1 Å². The molecule has 1 N–H and O–H groups in total. The van der Waals surface area contributed by atoms with Crippen LogP contribution in [0.4, 0.5) is 13.2 Å². The van der Waals surface area contributed by atoms with E-state index in [1.807, 2.05) is 0 Å². The molecule has 0 saturated carbocycles. The van der Waals surface area contributed by atoms with Gasteiger partial charge in [-0.05, 0) is 37.6 Å². The van der Waals surface area contributed by atoms with Gasteiger partial charge in [-0.3, -0.25) is 4.79 Å². The molecule has 1 fully saturated rings. The van der Waals surface area contributed by atoms with Gasteiger partial charge in [0.15, 0.2) is 14.6 Å². The maximum Gasteiger partial charge on any atom is 0.416 e. The first-order valence-corrected chi connectivity index (χ1v) is 9.69. The molecule has 10 heteroatoms. The van der Waals surface area contributed by atoms with Gasteiger partial charge in [0.05, 0.1) is 5.56 Å². The summed E-state index contributed by atoms with van der Waals surface area (Å²) in [5.74, 6) is -0.659. The molecule has 2 rings (SSSR count). The maximum absolute atomic E-state index is 13.1. The van der Waals surface area contributed by atoms with Crippen LogP contribution in [-0.4, -0.2) is 50.4 Å². The molecule has 0 radical (unpaired) electrons. The van der Waals surface area contributed by atoms with Crippen molar-refractivity contribution in [2.75, 3.05) is 26.4 Å². The number of nitrogens with one attached hydrogen (secondary N) is 1. The Morgan fingerprint density at radius 2 is 1.77 bits per heavy atom. The number of sulfone groups is 1. The van der Waals surface area contributed by atoms with Crippen LogP contribution in [0.3, 0.4) is 0 Å². The Bertz CT molecular complexity index is 747. The standard InChI is InChI=1S/C16H21F3N2O3S.ClH/c1-21(11-12-5-3-4-6-13(12)16(17,18)19)14(22)15(25(2,23)24)7-9-20-10-8-15;/h3-6,20H,7-11H2,1-2H3;1H. The molecule has 0 atom stereocenters. The van der Waals surface area contributed by atoms with E-state index in [-0.39, 0.29) is 37.4 Å². The first kappa shape index (κ1) is 22.7. The Morgan fingerprint density at radius 3 is 2.27 bits per heavy atom. The van der Waals surface area contributed by atoms with Crippen LogP contribution in [0, 0.1) is 0 Å². The minimum absolute atomic E-state index is 0. The molecule has 26 heavy (non-hydrogen) atoms. The van der Waals surface area contributed by atoms with E-state index < -0.39 is 32.2 Å². The van der Waals surface area contributed by atoms with Crippen molar-refractivity contribution in [2.45, 2.75) is 30.3 Å². The molecular weight excluding hydrogens is 393 g/mol. The zero-order valence-electron chi connectivity index (χ0n) is 14.5. The first-order chi connectivity index (χ1) is 11.5. The molecule has 148 valence electrons. The van der Waals surface area contributed by atoms with Gasteiger partial charge in [0.25, 0.3) is 0 Å². The zero-order valence-corrected chi connectivity index (χ0v) is 16.1. The van der Waals surface area contributed by atoms with Gasteiger partial charge in [-0.25, -0.2) is 8.42 Å². The van der Waals surface area contributed by atoms with Crippen LogP contribution < -0.4 is 5.32 Å². The fourth-order valence-corrected chi connectivity index (χ4v) is 4.60. The third kappa shape index (κ3) is 4.50. The summed E-state index contributed by atoms with van der Waals surface area (Å²) < 4.78 is 62.3. The normalized spacial score (nSPS) is 17.3. The van der Waals surface area contributed by atoms with E-state index >= 15 is 0 Å². The topological polar surface area (TPSA) is 66.5 Å². The van der Waals surface area contributed by atoms with Crippen LogP contribution in [0.15, 0.2) is 24.3 Å². The molecule has 0 spiro atoms. The van der Waals surface area contributed by atoms with Gasteiger partial charge in [-0.2, -0.15) is 13.2 Å². The molecule has 0 bridgehead atoms. The summed E-state index contributed by atoms with van der Waals surface area (Å²) in [7, 11) is -2.38. The number of rotatable bonds is 4. The average molecular weight is 415 g/mol.